The van der Waals surface area contributed by atoms with E-state index in [1.165, 1.54) is 26.1 Å². The summed E-state index contributed by atoms with van der Waals surface area (Å²) in [5.41, 5.74) is 2.55. The van der Waals surface area contributed by atoms with Gasteiger partial charge in [-0.05, 0) is 30.9 Å². The first-order valence-electron chi connectivity index (χ1n) is 4.58. The fourth-order valence-corrected chi connectivity index (χ4v) is 2.75. The van der Waals surface area contributed by atoms with Gasteiger partial charge in [0.15, 0.2) is 0 Å². The van der Waals surface area contributed by atoms with Gasteiger partial charge in [0.2, 0.25) is 0 Å². The standard InChI is InChI=1S/C12H11NS/c1-8-3-4-12-10(7-8)9(2)11(14-12)5-6-13/h3-4,7H,5H2,1-2H3. The van der Waals surface area contributed by atoms with E-state index in [1.54, 1.807) is 11.3 Å². The third kappa shape index (κ3) is 1.40. The Balaban J connectivity index is 2.69. The number of thiophene rings is 1. The smallest absolute Gasteiger partial charge is 0.0698 e. The van der Waals surface area contributed by atoms with Gasteiger partial charge in [-0.3, -0.25) is 0 Å². The van der Waals surface area contributed by atoms with Crippen LogP contribution in [0.3, 0.4) is 0 Å². The van der Waals surface area contributed by atoms with Crippen LogP contribution >= 0.6 is 11.3 Å². The van der Waals surface area contributed by atoms with Gasteiger partial charge in [0.1, 0.15) is 0 Å². The van der Waals surface area contributed by atoms with Crippen molar-refractivity contribution in [1.82, 2.24) is 0 Å². The molecule has 1 aromatic heterocycles. The van der Waals surface area contributed by atoms with Crippen LogP contribution in [0.2, 0.25) is 0 Å². The Bertz CT molecular complexity index is 517. The zero-order valence-electron chi connectivity index (χ0n) is 8.29. The highest BCUT2D eigenvalue weighted by atomic mass is 32.1. The zero-order chi connectivity index (χ0) is 10.1. The summed E-state index contributed by atoms with van der Waals surface area (Å²) in [7, 11) is 0. The van der Waals surface area contributed by atoms with E-state index >= 15 is 0 Å². The summed E-state index contributed by atoms with van der Waals surface area (Å²) in [6.07, 6.45) is 0.532. The van der Waals surface area contributed by atoms with Gasteiger partial charge in [0, 0.05) is 9.58 Å². The molecule has 1 heterocycles. The number of nitriles is 1. The lowest BCUT2D eigenvalue weighted by atomic mass is 10.1. The highest BCUT2D eigenvalue weighted by Crippen LogP contribution is 2.31. The summed E-state index contributed by atoms with van der Waals surface area (Å²) in [5.74, 6) is 0. The molecule has 0 atom stereocenters. The summed E-state index contributed by atoms with van der Waals surface area (Å²) in [6, 6.07) is 8.67. The SMILES string of the molecule is Cc1ccc2sc(CC#N)c(C)c2c1. The minimum atomic E-state index is 0.532. The van der Waals surface area contributed by atoms with Crippen LogP contribution < -0.4 is 0 Å². The van der Waals surface area contributed by atoms with E-state index in [4.69, 9.17) is 5.26 Å². The monoisotopic (exact) mass is 201 g/mol. The molecule has 0 N–H and O–H groups in total. The van der Waals surface area contributed by atoms with Gasteiger partial charge in [0.05, 0.1) is 12.5 Å². The molecule has 0 unspecified atom stereocenters. The second-order valence-electron chi connectivity index (χ2n) is 3.48. The lowest BCUT2D eigenvalue weighted by Gasteiger charge is -1.94. The second kappa shape index (κ2) is 3.43. The van der Waals surface area contributed by atoms with Crippen LogP contribution in [0, 0.1) is 25.2 Å². The zero-order valence-corrected chi connectivity index (χ0v) is 9.11. The van der Waals surface area contributed by atoms with Crippen molar-refractivity contribution in [3.8, 4) is 6.07 Å². The van der Waals surface area contributed by atoms with Gasteiger partial charge in [0.25, 0.3) is 0 Å². The van der Waals surface area contributed by atoms with Gasteiger partial charge in [-0.25, -0.2) is 0 Å². The van der Waals surface area contributed by atoms with E-state index in [9.17, 15) is 0 Å². The number of benzene rings is 1. The predicted octanol–water partition coefficient (Wildman–Crippen LogP) is 3.58. The fraction of sp³-hybridized carbons (Fsp3) is 0.250. The first-order valence-corrected chi connectivity index (χ1v) is 5.39. The average Bonchev–Trinajstić information content (AvgIpc) is 2.46. The highest BCUT2D eigenvalue weighted by molar-refractivity contribution is 7.19. The van der Waals surface area contributed by atoms with E-state index in [2.05, 4.69) is 38.1 Å². The molecular weight excluding hydrogens is 190 g/mol. The third-order valence-electron chi connectivity index (χ3n) is 2.43. The summed E-state index contributed by atoms with van der Waals surface area (Å²) < 4.78 is 1.29. The molecule has 0 fully saturated rings. The molecule has 0 amide bonds. The first-order chi connectivity index (χ1) is 6.72. The minimum Gasteiger partial charge on any atom is -0.198 e. The van der Waals surface area contributed by atoms with Gasteiger partial charge in [-0.15, -0.1) is 11.3 Å². The maximum absolute atomic E-state index is 8.68. The lowest BCUT2D eigenvalue weighted by molar-refractivity contribution is 1.28. The molecule has 2 aromatic rings. The Kier molecular flexibility index (Phi) is 2.26. The number of hydrogen-bond acceptors (Lipinski definition) is 2. The van der Waals surface area contributed by atoms with Crippen LogP contribution in [0.5, 0.6) is 0 Å². The van der Waals surface area contributed by atoms with Crippen molar-refractivity contribution < 1.29 is 0 Å². The number of rotatable bonds is 1. The molecule has 0 saturated heterocycles. The summed E-state index contributed by atoms with van der Waals surface area (Å²) in [4.78, 5) is 1.20. The molecule has 0 spiro atoms. The number of hydrogen-bond donors (Lipinski definition) is 0. The lowest BCUT2D eigenvalue weighted by Crippen LogP contribution is -1.78. The van der Waals surface area contributed by atoms with Crippen LogP contribution in [0.15, 0.2) is 18.2 Å². The van der Waals surface area contributed by atoms with E-state index < -0.39 is 0 Å². The molecule has 1 nitrogen and oxygen atoms in total. The quantitative estimate of drug-likeness (QED) is 0.691. The maximum atomic E-state index is 8.68. The molecule has 0 bridgehead atoms. The Morgan fingerprint density at radius 1 is 1.36 bits per heavy atom. The fourth-order valence-electron chi connectivity index (χ4n) is 1.63. The van der Waals surface area contributed by atoms with E-state index in [0.29, 0.717) is 6.42 Å². The summed E-state index contributed by atoms with van der Waals surface area (Å²) in [5, 5.41) is 9.99. The van der Waals surface area contributed by atoms with Crippen LogP contribution in [0.25, 0.3) is 10.1 Å². The number of fused-ring (bicyclic) bond motifs is 1. The molecule has 0 aliphatic rings. The van der Waals surface area contributed by atoms with Crippen molar-refractivity contribution in [2.24, 2.45) is 0 Å². The van der Waals surface area contributed by atoms with Crippen molar-refractivity contribution in [2.75, 3.05) is 0 Å². The first kappa shape index (κ1) is 9.23. The van der Waals surface area contributed by atoms with Crippen molar-refractivity contribution in [1.29, 1.82) is 5.26 Å². The maximum Gasteiger partial charge on any atom is 0.0698 e. The minimum absolute atomic E-state index is 0.532. The topological polar surface area (TPSA) is 23.8 Å². The van der Waals surface area contributed by atoms with E-state index in [-0.39, 0.29) is 0 Å². The molecule has 0 radical (unpaired) electrons. The predicted molar refractivity (Wildman–Crippen MR) is 60.6 cm³/mol. The van der Waals surface area contributed by atoms with E-state index in [1.807, 2.05) is 0 Å². The Hall–Kier alpha value is -1.33. The van der Waals surface area contributed by atoms with Crippen LogP contribution in [0.1, 0.15) is 16.0 Å². The van der Waals surface area contributed by atoms with Crippen LogP contribution in [-0.4, -0.2) is 0 Å². The molecule has 14 heavy (non-hydrogen) atoms. The van der Waals surface area contributed by atoms with Crippen LogP contribution in [0.4, 0.5) is 0 Å². The van der Waals surface area contributed by atoms with Crippen molar-refractivity contribution >= 4 is 21.4 Å². The van der Waals surface area contributed by atoms with Gasteiger partial charge in [-0.1, -0.05) is 17.7 Å². The van der Waals surface area contributed by atoms with Gasteiger partial charge < -0.3 is 0 Å². The average molecular weight is 201 g/mol. The molecule has 0 aliphatic heterocycles. The molecular formula is C12H11NS. The van der Waals surface area contributed by atoms with Crippen molar-refractivity contribution in [3.63, 3.8) is 0 Å². The number of nitrogens with zero attached hydrogens (tertiary/aromatic N) is 1. The molecule has 0 aliphatic carbocycles. The Morgan fingerprint density at radius 2 is 2.14 bits per heavy atom. The Labute approximate surface area is 87.6 Å². The highest BCUT2D eigenvalue weighted by Gasteiger charge is 2.07. The molecule has 0 saturated carbocycles. The number of aryl methyl sites for hydroxylation is 2. The Morgan fingerprint density at radius 3 is 2.86 bits per heavy atom. The molecule has 1 aromatic carbocycles. The normalized spacial score (nSPS) is 10.4. The second-order valence-corrected chi connectivity index (χ2v) is 4.62. The van der Waals surface area contributed by atoms with Gasteiger partial charge in [-0.2, -0.15) is 5.26 Å². The van der Waals surface area contributed by atoms with Crippen LogP contribution in [-0.2, 0) is 6.42 Å². The largest absolute Gasteiger partial charge is 0.198 e. The third-order valence-corrected chi connectivity index (χ3v) is 3.70. The van der Waals surface area contributed by atoms with E-state index in [0.717, 1.165) is 0 Å². The molecule has 2 rings (SSSR count). The summed E-state index contributed by atoms with van der Waals surface area (Å²) in [6.45, 7) is 4.20. The molecule has 2 heteroatoms. The summed E-state index contributed by atoms with van der Waals surface area (Å²) >= 11 is 1.73. The molecule has 70 valence electrons. The van der Waals surface area contributed by atoms with Crippen molar-refractivity contribution in [3.05, 3.63) is 34.2 Å². The van der Waals surface area contributed by atoms with Crippen molar-refractivity contribution in [2.45, 2.75) is 20.3 Å². The van der Waals surface area contributed by atoms with Gasteiger partial charge >= 0.3 is 0 Å².